The molecular weight excluding hydrogens is 1120 g/mol. The summed E-state index contributed by atoms with van der Waals surface area (Å²) in [6, 6.07) is 62.8. The molecule has 16 nitrogen and oxygen atoms in total. The number of benzene rings is 7. The minimum Gasteiger partial charge on any atom is -0.497 e. The summed E-state index contributed by atoms with van der Waals surface area (Å²) >= 11 is 0. The van der Waals surface area contributed by atoms with Gasteiger partial charge in [-0.3, -0.25) is 9.69 Å². The van der Waals surface area contributed by atoms with Crippen LogP contribution < -0.4 is 4.74 Å². The zero-order valence-electron chi connectivity index (χ0n) is 51.3. The molecule has 9 atom stereocenters. The molecule has 88 heavy (non-hydrogen) atoms. The van der Waals surface area contributed by atoms with E-state index in [0.717, 1.165) is 43.8 Å². The van der Waals surface area contributed by atoms with Gasteiger partial charge in [-0.15, -0.1) is 0 Å². The summed E-state index contributed by atoms with van der Waals surface area (Å²) in [5.74, 6) is -0.0625. The van der Waals surface area contributed by atoms with Gasteiger partial charge in [0.2, 0.25) is 0 Å². The molecule has 0 N–H and O–H groups in total. The van der Waals surface area contributed by atoms with Crippen LogP contribution in [0.2, 0.25) is 0 Å². The predicted octanol–water partition coefficient (Wildman–Crippen LogP) is 12.8. The Balaban J connectivity index is 1.20. The van der Waals surface area contributed by atoms with Gasteiger partial charge in [-0.2, -0.15) is 0 Å². The maximum atomic E-state index is 15.8. The van der Waals surface area contributed by atoms with Crippen LogP contribution in [0.3, 0.4) is 0 Å². The highest BCUT2D eigenvalue weighted by Gasteiger charge is 2.58. The molecule has 2 fully saturated rings. The number of hydrogen-bond donors (Lipinski definition) is 0. The maximum absolute atomic E-state index is 15.8. The number of carbonyl (C=O) groups is 3. The van der Waals surface area contributed by atoms with Gasteiger partial charge in [0, 0.05) is 0 Å². The fourth-order valence-corrected chi connectivity index (χ4v) is 10.6. The lowest BCUT2D eigenvalue weighted by Crippen LogP contribution is -2.72. The number of rotatable bonds is 26. The van der Waals surface area contributed by atoms with Crippen LogP contribution in [0.1, 0.15) is 80.5 Å². The molecule has 0 spiro atoms. The number of ether oxygens (including phenoxy) is 11. The Labute approximate surface area is 517 Å². The van der Waals surface area contributed by atoms with Gasteiger partial charge in [-0.05, 0) is 92.6 Å². The Morgan fingerprint density at radius 1 is 0.375 bits per heavy atom. The molecule has 16 heteroatoms. The number of hydrogen-bond acceptors (Lipinski definition) is 14. The standard InChI is InChI=1S/C72H82N2O14/c1-71(2,3)87-69(76)73-60(62(81-44-52-28-16-9-17-29-52)63(82-45-53-30-18-10-19-31-53)65(67(73)75)84-47-55-34-22-12-23-35-55)50-86-68-66(85-48-56-36-24-13-25-37-56)64(83-46-54-32-20-11-21-33-54)61(80-43-51-26-14-8-15-27-51)59(74(68)70(77)88-72(4,5)6)49-79-42-57-38-40-58(78-7)41-39-57/h8-41,59-66,68H,42-50H2,1-7H3/t59-,60-,61-,62-,63+,64+,65-,66-,68-/m1/s1. The molecule has 464 valence electrons. The van der Waals surface area contributed by atoms with Crippen LogP contribution in [-0.2, 0) is 98.4 Å². The molecule has 7 aromatic carbocycles. The molecule has 7 aromatic rings. The van der Waals surface area contributed by atoms with Crippen molar-refractivity contribution in [3.8, 4) is 5.75 Å². The third-order valence-corrected chi connectivity index (χ3v) is 14.8. The maximum Gasteiger partial charge on any atom is 0.417 e. The van der Waals surface area contributed by atoms with E-state index in [-0.39, 0.29) is 52.9 Å². The molecule has 3 amide bonds. The molecule has 0 unspecified atom stereocenters. The third kappa shape index (κ3) is 18.4. The molecule has 0 aromatic heterocycles. The molecular formula is C72H82N2O14. The largest absolute Gasteiger partial charge is 0.497 e. The smallest absolute Gasteiger partial charge is 0.417 e. The Bertz CT molecular complexity index is 3210. The van der Waals surface area contributed by atoms with E-state index in [1.54, 1.807) is 48.7 Å². The molecule has 2 saturated heterocycles. The van der Waals surface area contributed by atoms with E-state index in [4.69, 9.17) is 52.1 Å². The first kappa shape index (κ1) is 64.7. The number of amides is 3. The fraction of sp³-hybridized carbons (Fsp3) is 0.375. The van der Waals surface area contributed by atoms with Crippen molar-refractivity contribution in [2.24, 2.45) is 0 Å². The van der Waals surface area contributed by atoms with Crippen LogP contribution in [0.15, 0.2) is 206 Å². The quantitative estimate of drug-likeness (QED) is 0.0504. The first-order valence-corrected chi connectivity index (χ1v) is 29.9. The van der Waals surface area contributed by atoms with Gasteiger partial charge >= 0.3 is 12.2 Å². The van der Waals surface area contributed by atoms with Crippen LogP contribution in [0.4, 0.5) is 9.59 Å². The topological polar surface area (TPSA) is 159 Å². The molecule has 2 heterocycles. The van der Waals surface area contributed by atoms with Gasteiger partial charge in [0.25, 0.3) is 5.91 Å². The highest BCUT2D eigenvalue weighted by atomic mass is 16.6. The van der Waals surface area contributed by atoms with E-state index in [0.29, 0.717) is 5.75 Å². The minimum absolute atomic E-state index is 0.00959. The number of piperidine rings is 2. The van der Waals surface area contributed by atoms with Crippen LogP contribution in [0, 0.1) is 0 Å². The zero-order chi connectivity index (χ0) is 61.9. The highest BCUT2D eigenvalue weighted by Crippen LogP contribution is 2.38. The molecule has 0 radical (unpaired) electrons. The van der Waals surface area contributed by atoms with Crippen molar-refractivity contribution in [2.75, 3.05) is 20.3 Å². The molecule has 2 aliphatic rings. The van der Waals surface area contributed by atoms with Crippen molar-refractivity contribution >= 4 is 18.1 Å². The van der Waals surface area contributed by atoms with Gasteiger partial charge in [0.1, 0.15) is 47.5 Å². The lowest BCUT2D eigenvalue weighted by Gasteiger charge is -2.53. The summed E-state index contributed by atoms with van der Waals surface area (Å²) in [6.45, 7) is 10.4. The Hall–Kier alpha value is -7.77. The van der Waals surface area contributed by atoms with E-state index in [1.165, 1.54) is 4.90 Å². The van der Waals surface area contributed by atoms with Gasteiger partial charge in [0.05, 0.1) is 78.7 Å². The van der Waals surface area contributed by atoms with Crippen LogP contribution >= 0.6 is 0 Å². The van der Waals surface area contributed by atoms with Crippen molar-refractivity contribution in [2.45, 2.75) is 154 Å². The van der Waals surface area contributed by atoms with Crippen molar-refractivity contribution in [1.82, 2.24) is 9.80 Å². The summed E-state index contributed by atoms with van der Waals surface area (Å²) in [4.78, 5) is 49.2. The van der Waals surface area contributed by atoms with E-state index in [9.17, 15) is 0 Å². The Kier molecular flexibility index (Phi) is 23.1. The normalized spacial score (nSPS) is 21.4. The van der Waals surface area contributed by atoms with Crippen molar-refractivity contribution < 1.29 is 66.5 Å². The lowest BCUT2D eigenvalue weighted by molar-refractivity contribution is -0.275. The van der Waals surface area contributed by atoms with Gasteiger partial charge in [0.15, 0.2) is 12.3 Å². The van der Waals surface area contributed by atoms with Crippen LogP contribution in [-0.4, -0.2) is 114 Å². The number of nitrogens with zero attached hydrogens (tertiary/aromatic N) is 2. The molecule has 0 aliphatic carbocycles. The first-order valence-electron chi connectivity index (χ1n) is 29.9. The van der Waals surface area contributed by atoms with Gasteiger partial charge in [-0.1, -0.05) is 194 Å². The SMILES string of the molecule is COc1ccc(COC[C@@H]2[C@@H](OCc3ccccc3)[C@H](OCc3ccccc3)[C@@H](OCc3ccccc3)[C@@H](OC[C@@H]3[C@@H](OCc4ccccc4)[C@H](OCc4ccccc4)[C@@H](OCc4ccccc4)C(=O)N3C(=O)OC(C)(C)C)N2C(=O)OC(C)(C)C)cc1. The van der Waals surface area contributed by atoms with E-state index < -0.39 is 90.8 Å². The van der Waals surface area contributed by atoms with Crippen molar-refractivity contribution in [3.63, 3.8) is 0 Å². The van der Waals surface area contributed by atoms with Crippen LogP contribution in [0.25, 0.3) is 0 Å². The first-order chi connectivity index (χ1) is 42.6. The second-order valence-electron chi connectivity index (χ2n) is 23.8. The molecule has 9 rings (SSSR count). The average molecular weight is 1200 g/mol. The number of methoxy groups -OCH3 is 1. The molecule has 2 aliphatic heterocycles. The van der Waals surface area contributed by atoms with Gasteiger partial charge < -0.3 is 52.1 Å². The summed E-state index contributed by atoms with van der Waals surface area (Å²) in [6.07, 6.45) is -10.1. The molecule has 0 saturated carbocycles. The minimum atomic E-state index is -1.42. The van der Waals surface area contributed by atoms with E-state index >= 15 is 14.4 Å². The number of carbonyl (C=O) groups excluding carboxylic acids is 3. The predicted molar refractivity (Wildman–Crippen MR) is 331 cm³/mol. The summed E-state index contributed by atoms with van der Waals surface area (Å²) in [5.41, 5.74) is 3.70. The van der Waals surface area contributed by atoms with E-state index in [1.807, 2.05) is 206 Å². The average Bonchev–Trinajstić information content (AvgIpc) is 1.26. The second-order valence-corrected chi connectivity index (χ2v) is 23.8. The summed E-state index contributed by atoms with van der Waals surface area (Å²) < 4.78 is 74.3. The molecule has 0 bridgehead atoms. The third-order valence-electron chi connectivity index (χ3n) is 14.8. The summed E-state index contributed by atoms with van der Waals surface area (Å²) in [7, 11) is 1.61. The van der Waals surface area contributed by atoms with Gasteiger partial charge in [-0.25, -0.2) is 14.5 Å². The second kappa shape index (κ2) is 31.4. The Morgan fingerprint density at radius 3 is 1.14 bits per heavy atom. The van der Waals surface area contributed by atoms with Crippen molar-refractivity contribution in [3.05, 3.63) is 245 Å². The Morgan fingerprint density at radius 2 is 0.727 bits per heavy atom. The number of likely N-dealkylation sites (tertiary alicyclic amines) is 2. The summed E-state index contributed by atoms with van der Waals surface area (Å²) in [5, 5.41) is 0. The van der Waals surface area contributed by atoms with Crippen molar-refractivity contribution in [1.29, 1.82) is 0 Å². The number of imide groups is 1. The highest BCUT2D eigenvalue weighted by molar-refractivity contribution is 5.96. The lowest BCUT2D eigenvalue weighted by atomic mass is 9.91. The fourth-order valence-electron chi connectivity index (χ4n) is 10.6. The van der Waals surface area contributed by atoms with E-state index in [2.05, 4.69) is 0 Å². The monoisotopic (exact) mass is 1200 g/mol. The van der Waals surface area contributed by atoms with Crippen LogP contribution in [0.5, 0.6) is 5.75 Å². The zero-order valence-corrected chi connectivity index (χ0v) is 51.3.